The summed E-state index contributed by atoms with van der Waals surface area (Å²) in [5, 5.41) is -3.02. The normalized spacial score (nSPS) is 21.7. The van der Waals surface area contributed by atoms with Gasteiger partial charge in [-0.15, -0.1) is 0 Å². The minimum atomic E-state index is -1.18. The second-order valence-electron chi connectivity index (χ2n) is 25.0. The molecule has 0 N–H and O–H groups in total. The maximum absolute atomic E-state index is 14.0. The van der Waals surface area contributed by atoms with E-state index in [2.05, 4.69) is 19.7 Å². The van der Waals surface area contributed by atoms with Crippen LogP contribution in [-0.2, 0) is 120 Å². The molecule has 1 heterocycles. The Labute approximate surface area is 570 Å². The van der Waals surface area contributed by atoms with Crippen molar-refractivity contribution in [2.24, 2.45) is 53.3 Å². The van der Waals surface area contributed by atoms with Crippen LogP contribution >= 0.6 is 35.3 Å². The van der Waals surface area contributed by atoms with Gasteiger partial charge in [-0.2, -0.15) is 0 Å². The van der Waals surface area contributed by atoms with E-state index in [0.29, 0.717) is 71.5 Å². The number of hydrogen-bond acceptors (Lipinski definition) is 27. The SMILES string of the molecule is C=C(C)C(=O)OCCOC(=O)C1CCC(C)CC1C(=O)SC(C)CC(=O)OCCn1c(=O)n(CCOC(=O)CC(C)SC(=O)C2CC(C)CCC2C(=O)OCCOC(=O)C(=C)C)c(=O)n(CCOC(=O)CC(C)SC(=O)C2CC(C)CCC2C(=O)OCCOC(=O)C(=C)C)c1=O. The predicted molar refractivity (Wildman–Crippen MR) is 352 cm³/mol. The van der Waals surface area contributed by atoms with E-state index >= 15 is 0 Å². The zero-order valence-corrected chi connectivity index (χ0v) is 58.8. The van der Waals surface area contributed by atoms with Gasteiger partial charge in [0.1, 0.15) is 59.5 Å². The van der Waals surface area contributed by atoms with Crippen LogP contribution < -0.4 is 17.1 Å². The lowest BCUT2D eigenvalue weighted by atomic mass is 9.75. The van der Waals surface area contributed by atoms with Crippen molar-refractivity contribution in [3.63, 3.8) is 0 Å². The van der Waals surface area contributed by atoms with Crippen molar-refractivity contribution in [2.75, 3.05) is 59.5 Å². The lowest BCUT2D eigenvalue weighted by Gasteiger charge is -2.32. The van der Waals surface area contributed by atoms with Crippen LogP contribution in [0.25, 0.3) is 0 Å². The maximum Gasteiger partial charge on any atom is 0.336 e. The van der Waals surface area contributed by atoms with E-state index in [1.54, 1.807) is 20.8 Å². The molecule has 0 amide bonds. The van der Waals surface area contributed by atoms with Crippen molar-refractivity contribution in [1.82, 2.24) is 13.7 Å². The van der Waals surface area contributed by atoms with E-state index in [1.807, 2.05) is 20.8 Å². The third-order valence-corrected chi connectivity index (χ3v) is 19.6. The first-order valence-electron chi connectivity index (χ1n) is 32.3. The monoisotopic (exact) mass is 1410 g/mol. The minimum absolute atomic E-state index is 0.114. The Morgan fingerprint density at radius 1 is 0.365 bits per heavy atom. The standard InChI is InChI=1S/C66H93N3O24S3/c1-37(2)55(73)88-25-28-91-58(76)46-16-13-40(7)31-49(46)61(79)94-43(10)34-52(70)85-22-19-67-64(82)68(20-23-86-53(71)35-44(11)95-62(80)50-32-41(8)14-17-47(50)59(77)92-29-26-89-56(74)38(3)4)66(84)69(65(67)83)21-24-87-54(72)36-45(12)96-63(81)51-33-42(9)15-18-48(51)60(78)93-30-27-90-57(75)39(5)6/h40-51H,1,3,5,13-36H2,2,4,6-12H3. The van der Waals surface area contributed by atoms with E-state index in [9.17, 15) is 71.9 Å². The molecule has 0 spiro atoms. The average molecular weight is 1410 g/mol. The minimum Gasteiger partial charge on any atom is -0.464 e. The van der Waals surface area contributed by atoms with Gasteiger partial charge in [-0.1, -0.05) is 96.6 Å². The van der Waals surface area contributed by atoms with Crippen molar-refractivity contribution in [1.29, 1.82) is 0 Å². The van der Waals surface area contributed by atoms with Gasteiger partial charge in [-0.05, 0) is 96.3 Å². The van der Waals surface area contributed by atoms with Crippen LogP contribution in [0.5, 0.6) is 0 Å². The van der Waals surface area contributed by atoms with Gasteiger partial charge in [0.2, 0.25) is 0 Å². The highest BCUT2D eigenvalue weighted by molar-refractivity contribution is 8.14. The number of ether oxygens (including phenoxy) is 9. The zero-order valence-electron chi connectivity index (χ0n) is 56.4. The van der Waals surface area contributed by atoms with Crippen molar-refractivity contribution < 1.29 is 100 Å². The summed E-state index contributed by atoms with van der Waals surface area (Å²) in [6, 6.07) is 0. The van der Waals surface area contributed by atoms with Crippen LogP contribution in [0.15, 0.2) is 50.8 Å². The van der Waals surface area contributed by atoms with Gasteiger partial charge >= 0.3 is 70.8 Å². The third-order valence-electron chi connectivity index (χ3n) is 16.3. The quantitative estimate of drug-likeness (QED) is 0.0319. The molecule has 27 nitrogen and oxygen atoms in total. The summed E-state index contributed by atoms with van der Waals surface area (Å²) < 4.78 is 49.1. The number of carbonyl (C=O) groups is 12. The van der Waals surface area contributed by atoms with Gasteiger partial charge in [-0.3, -0.25) is 43.2 Å². The van der Waals surface area contributed by atoms with Crippen LogP contribution in [-0.4, -0.2) is 158 Å². The van der Waals surface area contributed by atoms with E-state index in [0.717, 1.165) is 35.3 Å². The van der Waals surface area contributed by atoms with Crippen LogP contribution in [0.1, 0.15) is 139 Å². The first-order valence-corrected chi connectivity index (χ1v) is 34.9. The van der Waals surface area contributed by atoms with Crippen molar-refractivity contribution in [2.45, 2.75) is 175 Å². The molecule has 0 bridgehead atoms. The van der Waals surface area contributed by atoms with E-state index in [4.69, 9.17) is 42.6 Å². The molecule has 96 heavy (non-hydrogen) atoms. The van der Waals surface area contributed by atoms with E-state index < -0.39 is 162 Å². The fraction of sp³-hybridized carbons (Fsp3) is 0.682. The summed E-state index contributed by atoms with van der Waals surface area (Å²) in [5.74, 6) is -10.4. The Morgan fingerprint density at radius 2 is 0.594 bits per heavy atom. The first-order chi connectivity index (χ1) is 45.3. The average Bonchev–Trinajstić information content (AvgIpc) is 0.807. The first kappa shape index (κ1) is 81.3. The molecule has 1 aromatic rings. The second-order valence-corrected chi connectivity index (χ2v) is 29.3. The molecule has 4 rings (SSSR count). The molecule has 3 aliphatic carbocycles. The van der Waals surface area contributed by atoms with Gasteiger partial charge < -0.3 is 42.6 Å². The fourth-order valence-electron chi connectivity index (χ4n) is 11.2. The van der Waals surface area contributed by atoms with Gasteiger partial charge in [0.05, 0.1) is 56.7 Å². The van der Waals surface area contributed by atoms with Crippen molar-refractivity contribution in [3.05, 3.63) is 67.9 Å². The molecule has 3 fully saturated rings. The lowest BCUT2D eigenvalue weighted by Crippen LogP contribution is -2.55. The topological polar surface area (TPSA) is 354 Å². The second kappa shape index (κ2) is 40.6. The van der Waals surface area contributed by atoms with Gasteiger partial charge in [0.25, 0.3) is 0 Å². The molecule has 1 aromatic heterocycles. The summed E-state index contributed by atoms with van der Waals surface area (Å²) in [6.07, 6.45) is 3.38. The Morgan fingerprint density at radius 3 is 0.823 bits per heavy atom. The number of nitrogens with zero attached hydrogens (tertiary/aromatic N) is 3. The lowest BCUT2D eigenvalue weighted by molar-refractivity contribution is -0.157. The number of carbonyl (C=O) groups excluding carboxylic acids is 12. The van der Waals surface area contributed by atoms with Crippen LogP contribution in [0, 0.1) is 53.3 Å². The largest absolute Gasteiger partial charge is 0.464 e. The molecule has 30 heteroatoms. The Hall–Kier alpha value is -7.08. The molecule has 12 atom stereocenters. The van der Waals surface area contributed by atoms with Crippen molar-refractivity contribution >= 4 is 104 Å². The summed E-state index contributed by atoms with van der Waals surface area (Å²) in [7, 11) is 0. The molecule has 0 aromatic carbocycles. The van der Waals surface area contributed by atoms with E-state index in [1.165, 1.54) is 20.8 Å². The third kappa shape index (κ3) is 26.7. The van der Waals surface area contributed by atoms with Gasteiger partial charge in [-0.25, -0.2) is 42.5 Å². The number of esters is 9. The molecule has 3 saturated carbocycles. The fourth-order valence-corrected chi connectivity index (χ4v) is 14.3. The number of aromatic nitrogens is 3. The highest BCUT2D eigenvalue weighted by Gasteiger charge is 2.43. The van der Waals surface area contributed by atoms with Crippen LogP contribution in [0.4, 0.5) is 0 Å². The number of thioether (sulfide) groups is 3. The Kier molecular flexibility index (Phi) is 34.4. The smallest absolute Gasteiger partial charge is 0.336 e. The van der Waals surface area contributed by atoms with Gasteiger partial charge in [0, 0.05) is 50.2 Å². The number of hydrogen-bond donors (Lipinski definition) is 0. The van der Waals surface area contributed by atoms with Crippen LogP contribution in [0.2, 0.25) is 0 Å². The zero-order chi connectivity index (χ0) is 71.5. The summed E-state index contributed by atoms with van der Waals surface area (Å²) in [5.41, 5.74) is -3.00. The van der Waals surface area contributed by atoms with E-state index in [-0.39, 0.29) is 109 Å². The van der Waals surface area contributed by atoms with Crippen molar-refractivity contribution in [3.8, 4) is 0 Å². The summed E-state index contributed by atoms with van der Waals surface area (Å²) >= 11 is 2.55. The predicted octanol–water partition coefficient (Wildman–Crippen LogP) is 6.06. The molecule has 0 aliphatic heterocycles. The molecule has 12 unspecified atom stereocenters. The molecular formula is C66H93N3O24S3. The Balaban J connectivity index is 1.43. The highest BCUT2D eigenvalue weighted by atomic mass is 32.2. The maximum atomic E-state index is 14.0. The molecule has 534 valence electrons. The molecule has 3 aliphatic rings. The number of rotatable bonds is 36. The molecule has 0 radical (unpaired) electrons. The summed E-state index contributed by atoms with van der Waals surface area (Å²) in [4.78, 5) is 197. The molecular weight excluding hydrogens is 1310 g/mol. The highest BCUT2D eigenvalue weighted by Crippen LogP contribution is 2.41. The summed E-state index contributed by atoms with van der Waals surface area (Å²) in [6.45, 7) is 20.8. The van der Waals surface area contributed by atoms with Gasteiger partial charge in [0.15, 0.2) is 15.3 Å². The Bertz CT molecular complexity index is 2850. The molecule has 0 saturated heterocycles. The van der Waals surface area contributed by atoms with Crippen LogP contribution in [0.3, 0.4) is 0 Å².